The summed E-state index contributed by atoms with van der Waals surface area (Å²) in [5.74, 6) is 1.75. The molecular weight excluding hydrogens is 408 g/mol. The summed E-state index contributed by atoms with van der Waals surface area (Å²) in [5, 5.41) is 12.3. The zero-order valence-corrected chi connectivity index (χ0v) is 19.6. The fourth-order valence-electron chi connectivity index (χ4n) is 3.34. The molecule has 0 aliphatic rings. The van der Waals surface area contributed by atoms with Crippen molar-refractivity contribution < 1.29 is 9.53 Å². The quantitative estimate of drug-likeness (QED) is 0.456. The molecule has 0 fully saturated rings. The first kappa shape index (κ1) is 22.9. The molecule has 0 unspecified atom stereocenters. The Morgan fingerprint density at radius 1 is 1.13 bits per heavy atom. The van der Waals surface area contributed by atoms with E-state index in [4.69, 9.17) is 4.74 Å². The van der Waals surface area contributed by atoms with E-state index in [0.717, 1.165) is 29.2 Å². The molecule has 1 amide bonds. The predicted molar refractivity (Wildman–Crippen MR) is 126 cm³/mol. The number of carbonyl (C=O) groups excluding carboxylic acids is 1. The first-order valence-electron chi connectivity index (χ1n) is 10.6. The van der Waals surface area contributed by atoms with Gasteiger partial charge in [0, 0.05) is 12.2 Å². The zero-order chi connectivity index (χ0) is 22.4. The molecule has 164 valence electrons. The molecule has 1 N–H and O–H groups in total. The number of anilines is 1. The van der Waals surface area contributed by atoms with Crippen LogP contribution in [0.4, 0.5) is 5.69 Å². The smallest absolute Gasteiger partial charge is 0.234 e. The van der Waals surface area contributed by atoms with E-state index in [1.165, 1.54) is 22.9 Å². The lowest BCUT2D eigenvalue weighted by atomic mass is 10.1. The van der Waals surface area contributed by atoms with E-state index in [1.807, 2.05) is 56.5 Å². The molecule has 0 radical (unpaired) electrons. The van der Waals surface area contributed by atoms with Crippen molar-refractivity contribution in [3.63, 3.8) is 0 Å². The molecule has 31 heavy (non-hydrogen) atoms. The van der Waals surface area contributed by atoms with Crippen LogP contribution in [0, 0.1) is 13.8 Å². The maximum atomic E-state index is 12.4. The van der Waals surface area contributed by atoms with Crippen molar-refractivity contribution in [1.82, 2.24) is 14.8 Å². The van der Waals surface area contributed by atoms with Crippen LogP contribution >= 0.6 is 11.8 Å². The molecule has 0 saturated heterocycles. The van der Waals surface area contributed by atoms with Gasteiger partial charge >= 0.3 is 0 Å². The molecule has 0 aliphatic heterocycles. The highest BCUT2D eigenvalue weighted by molar-refractivity contribution is 7.99. The van der Waals surface area contributed by atoms with Crippen LogP contribution in [0.2, 0.25) is 0 Å². The molecule has 0 bridgehead atoms. The van der Waals surface area contributed by atoms with Gasteiger partial charge < -0.3 is 14.6 Å². The van der Waals surface area contributed by atoms with Crippen LogP contribution in [0.1, 0.15) is 49.4 Å². The monoisotopic (exact) mass is 438 g/mol. The number of hydrogen-bond donors (Lipinski definition) is 1. The van der Waals surface area contributed by atoms with Crippen LogP contribution in [0.25, 0.3) is 0 Å². The van der Waals surface area contributed by atoms with Gasteiger partial charge in [0.1, 0.15) is 5.75 Å². The molecular formula is C24H30N4O2S. The standard InChI is InChI=1S/C24H30N4O2S/c1-6-19-9-11-20(12-10-19)30-18(5)23-26-27-24(28(23)7-2)31-15-22(29)25-21-13-8-16(3)14-17(21)4/h8-14,18H,6-7,15H2,1-5H3,(H,25,29)/t18-/m0/s1. The summed E-state index contributed by atoms with van der Waals surface area (Å²) in [6.07, 6.45) is 0.746. The lowest BCUT2D eigenvalue weighted by Crippen LogP contribution is -2.16. The highest BCUT2D eigenvalue weighted by Crippen LogP contribution is 2.25. The number of aromatic nitrogens is 3. The second-order valence-electron chi connectivity index (χ2n) is 7.50. The number of benzene rings is 2. The largest absolute Gasteiger partial charge is 0.483 e. The fraction of sp³-hybridized carbons (Fsp3) is 0.375. The lowest BCUT2D eigenvalue weighted by molar-refractivity contribution is -0.113. The Hall–Kier alpha value is -2.80. The van der Waals surface area contributed by atoms with Gasteiger partial charge in [-0.05, 0) is 63.4 Å². The highest BCUT2D eigenvalue weighted by Gasteiger charge is 2.19. The van der Waals surface area contributed by atoms with Crippen molar-refractivity contribution in [3.05, 3.63) is 65.0 Å². The Morgan fingerprint density at radius 2 is 1.87 bits per heavy atom. The topological polar surface area (TPSA) is 69.0 Å². The van der Waals surface area contributed by atoms with Crippen LogP contribution in [-0.2, 0) is 17.8 Å². The molecule has 1 heterocycles. The van der Waals surface area contributed by atoms with Crippen molar-refractivity contribution in [2.75, 3.05) is 11.1 Å². The Bertz CT molecular complexity index is 1030. The average Bonchev–Trinajstić information content (AvgIpc) is 3.18. The summed E-state index contributed by atoms with van der Waals surface area (Å²) in [7, 11) is 0. The molecule has 2 aromatic carbocycles. The van der Waals surface area contributed by atoms with Crippen LogP contribution in [0.5, 0.6) is 5.75 Å². The first-order valence-corrected chi connectivity index (χ1v) is 11.6. The molecule has 1 aromatic heterocycles. The van der Waals surface area contributed by atoms with Crippen molar-refractivity contribution in [2.24, 2.45) is 0 Å². The third-order valence-electron chi connectivity index (χ3n) is 5.06. The van der Waals surface area contributed by atoms with Gasteiger partial charge in [0.2, 0.25) is 5.91 Å². The summed E-state index contributed by atoms with van der Waals surface area (Å²) < 4.78 is 8.07. The maximum Gasteiger partial charge on any atom is 0.234 e. The van der Waals surface area contributed by atoms with Gasteiger partial charge in [0.25, 0.3) is 0 Å². The zero-order valence-electron chi connectivity index (χ0n) is 18.8. The van der Waals surface area contributed by atoms with Crippen LogP contribution in [0.3, 0.4) is 0 Å². The summed E-state index contributed by atoms with van der Waals surface area (Å²) in [6, 6.07) is 14.1. The van der Waals surface area contributed by atoms with E-state index in [-0.39, 0.29) is 17.8 Å². The maximum absolute atomic E-state index is 12.4. The van der Waals surface area contributed by atoms with Crippen LogP contribution in [0.15, 0.2) is 47.6 Å². The van der Waals surface area contributed by atoms with Gasteiger partial charge in [-0.25, -0.2) is 0 Å². The minimum atomic E-state index is -0.252. The van der Waals surface area contributed by atoms with E-state index < -0.39 is 0 Å². The number of aryl methyl sites for hydroxylation is 3. The molecule has 7 heteroatoms. The Labute approximate surface area is 188 Å². The molecule has 6 nitrogen and oxygen atoms in total. The molecule has 3 aromatic rings. The Balaban J connectivity index is 1.62. The molecule has 0 spiro atoms. The SMILES string of the molecule is CCc1ccc(O[C@@H](C)c2nnc(SCC(=O)Nc3ccc(C)cc3C)n2CC)cc1. The van der Waals surface area contributed by atoms with Crippen LogP contribution < -0.4 is 10.1 Å². The van der Waals surface area contributed by atoms with Gasteiger partial charge in [-0.15, -0.1) is 10.2 Å². The summed E-state index contributed by atoms with van der Waals surface area (Å²) in [4.78, 5) is 12.4. The average molecular weight is 439 g/mol. The van der Waals surface area contributed by atoms with E-state index >= 15 is 0 Å². The molecule has 0 saturated carbocycles. The Kier molecular flexibility index (Phi) is 7.74. The third-order valence-corrected chi connectivity index (χ3v) is 6.02. The number of carbonyl (C=O) groups is 1. The normalized spacial score (nSPS) is 11.9. The lowest BCUT2D eigenvalue weighted by Gasteiger charge is -2.16. The van der Waals surface area contributed by atoms with E-state index in [0.29, 0.717) is 11.7 Å². The second kappa shape index (κ2) is 10.5. The molecule has 1 atom stereocenters. The molecule has 0 aliphatic carbocycles. The number of amides is 1. The number of nitrogens with zero attached hydrogens (tertiary/aromatic N) is 3. The van der Waals surface area contributed by atoms with Gasteiger partial charge in [-0.1, -0.05) is 48.5 Å². The highest BCUT2D eigenvalue weighted by atomic mass is 32.2. The summed E-state index contributed by atoms with van der Waals surface area (Å²) >= 11 is 1.38. The number of nitrogens with one attached hydrogen (secondary N) is 1. The van der Waals surface area contributed by atoms with E-state index in [2.05, 4.69) is 40.6 Å². The Morgan fingerprint density at radius 3 is 2.52 bits per heavy atom. The van der Waals surface area contributed by atoms with Crippen molar-refractivity contribution in [1.29, 1.82) is 0 Å². The van der Waals surface area contributed by atoms with Gasteiger partial charge in [0.15, 0.2) is 17.1 Å². The predicted octanol–water partition coefficient (Wildman–Crippen LogP) is 5.35. The number of rotatable bonds is 9. The fourth-order valence-corrected chi connectivity index (χ4v) is 4.14. The van der Waals surface area contributed by atoms with Crippen molar-refractivity contribution in [2.45, 2.75) is 58.8 Å². The van der Waals surface area contributed by atoms with Gasteiger partial charge in [-0.3, -0.25) is 4.79 Å². The number of hydrogen-bond acceptors (Lipinski definition) is 5. The minimum Gasteiger partial charge on any atom is -0.483 e. The van der Waals surface area contributed by atoms with E-state index in [1.54, 1.807) is 0 Å². The number of thioether (sulfide) groups is 1. The van der Waals surface area contributed by atoms with Gasteiger partial charge in [0.05, 0.1) is 5.75 Å². The second-order valence-corrected chi connectivity index (χ2v) is 8.44. The third kappa shape index (κ3) is 5.88. The van der Waals surface area contributed by atoms with E-state index in [9.17, 15) is 4.79 Å². The van der Waals surface area contributed by atoms with Crippen molar-refractivity contribution >= 4 is 23.4 Å². The summed E-state index contributed by atoms with van der Waals surface area (Å²) in [6.45, 7) is 10.9. The first-order chi connectivity index (χ1) is 14.9. The minimum absolute atomic E-state index is 0.0653. The van der Waals surface area contributed by atoms with Gasteiger partial charge in [-0.2, -0.15) is 0 Å². The van der Waals surface area contributed by atoms with Crippen molar-refractivity contribution in [3.8, 4) is 5.75 Å². The summed E-state index contributed by atoms with van der Waals surface area (Å²) in [5.41, 5.74) is 4.33. The number of ether oxygens (including phenoxy) is 1. The molecule has 3 rings (SSSR count). The van der Waals surface area contributed by atoms with Crippen LogP contribution in [-0.4, -0.2) is 26.4 Å².